The van der Waals surface area contributed by atoms with E-state index in [0.29, 0.717) is 37.8 Å². The molecule has 1 amide bonds. The highest BCUT2D eigenvalue weighted by molar-refractivity contribution is 5.96. The summed E-state index contributed by atoms with van der Waals surface area (Å²) in [5.41, 5.74) is 0.549. The van der Waals surface area contributed by atoms with E-state index >= 15 is 0 Å². The molecule has 2 fully saturated rings. The Labute approximate surface area is 149 Å². The number of hydrazone groups is 1. The monoisotopic (exact) mass is 364 g/mol. The number of allylic oxidation sites excluding steroid dienone is 1. The Hall–Kier alpha value is -2.72. The van der Waals surface area contributed by atoms with E-state index in [0.717, 1.165) is 13.1 Å². The van der Waals surface area contributed by atoms with Crippen LogP contribution in [0.4, 0.5) is 10.7 Å². The fourth-order valence-electron chi connectivity index (χ4n) is 2.71. The number of ether oxygens (including phenoxy) is 2. The summed E-state index contributed by atoms with van der Waals surface area (Å²) in [6, 6.07) is 2.77. The van der Waals surface area contributed by atoms with Crippen molar-refractivity contribution in [3.63, 3.8) is 0 Å². The lowest BCUT2D eigenvalue weighted by atomic mass is 10.3. The van der Waals surface area contributed by atoms with Crippen LogP contribution in [0.15, 0.2) is 27.7 Å². The maximum absolute atomic E-state index is 12.0. The first-order chi connectivity index (χ1) is 12.5. The number of furan rings is 1. The van der Waals surface area contributed by atoms with Gasteiger partial charge in [0.15, 0.2) is 0 Å². The third kappa shape index (κ3) is 4.67. The van der Waals surface area contributed by atoms with Crippen LogP contribution in [0.25, 0.3) is 6.08 Å². The molecule has 0 spiro atoms. The minimum absolute atomic E-state index is 0.228. The molecule has 0 bridgehead atoms. The van der Waals surface area contributed by atoms with Crippen molar-refractivity contribution in [1.29, 1.82) is 0 Å². The Morgan fingerprint density at radius 1 is 1.42 bits per heavy atom. The molecule has 0 aromatic carbocycles. The number of nitro groups is 1. The molecule has 2 aliphatic rings. The van der Waals surface area contributed by atoms with E-state index in [9.17, 15) is 14.9 Å². The standard InChI is InChI=1S/C16H20N4O6/c1-12(2-3-13-4-5-15(25-13)20(22)23)17-19-11-14(26-16(19)21)10-18-6-8-24-9-7-18/h2-5,14H,6-11H2,1H3. The molecular weight excluding hydrogens is 344 g/mol. The molecule has 3 rings (SSSR count). The summed E-state index contributed by atoms with van der Waals surface area (Å²) in [5.74, 6) is 0.00811. The largest absolute Gasteiger partial charge is 0.441 e. The molecule has 26 heavy (non-hydrogen) atoms. The lowest BCUT2D eigenvalue weighted by Crippen LogP contribution is -2.41. The smallest absolute Gasteiger partial charge is 0.433 e. The maximum atomic E-state index is 12.0. The minimum atomic E-state index is -0.604. The summed E-state index contributed by atoms with van der Waals surface area (Å²) in [4.78, 5) is 24.1. The zero-order valence-corrected chi connectivity index (χ0v) is 14.4. The molecule has 0 saturated carbocycles. The highest BCUT2D eigenvalue weighted by Crippen LogP contribution is 2.17. The van der Waals surface area contributed by atoms with Crippen molar-refractivity contribution < 1.29 is 23.6 Å². The van der Waals surface area contributed by atoms with Gasteiger partial charge in [-0.05, 0) is 25.1 Å². The molecule has 2 aliphatic heterocycles. The zero-order valence-electron chi connectivity index (χ0n) is 14.4. The highest BCUT2D eigenvalue weighted by atomic mass is 16.6. The van der Waals surface area contributed by atoms with Gasteiger partial charge in [-0.25, -0.2) is 4.79 Å². The third-order valence-electron chi connectivity index (χ3n) is 3.98. The number of hydrogen-bond donors (Lipinski definition) is 0. The summed E-state index contributed by atoms with van der Waals surface area (Å²) in [7, 11) is 0. The number of carbonyl (C=O) groups is 1. The van der Waals surface area contributed by atoms with Crippen molar-refractivity contribution in [2.75, 3.05) is 39.4 Å². The maximum Gasteiger partial charge on any atom is 0.433 e. The highest BCUT2D eigenvalue weighted by Gasteiger charge is 2.32. The minimum Gasteiger partial charge on any atom is -0.441 e. The van der Waals surface area contributed by atoms with Crippen LogP contribution in [-0.4, -0.2) is 72.1 Å². The van der Waals surface area contributed by atoms with Crippen molar-refractivity contribution in [3.05, 3.63) is 34.1 Å². The fraction of sp³-hybridized carbons (Fsp3) is 0.500. The van der Waals surface area contributed by atoms with Crippen LogP contribution in [0.1, 0.15) is 12.7 Å². The Bertz CT molecular complexity index is 722. The molecule has 1 atom stereocenters. The predicted molar refractivity (Wildman–Crippen MR) is 91.7 cm³/mol. The van der Waals surface area contributed by atoms with Gasteiger partial charge in [-0.2, -0.15) is 10.1 Å². The summed E-state index contributed by atoms with van der Waals surface area (Å²) in [6.07, 6.45) is 2.46. The van der Waals surface area contributed by atoms with Gasteiger partial charge in [0.25, 0.3) is 0 Å². The fourth-order valence-corrected chi connectivity index (χ4v) is 2.71. The number of carbonyl (C=O) groups excluding carboxylic acids is 1. The Morgan fingerprint density at radius 2 is 2.19 bits per heavy atom. The second-order valence-corrected chi connectivity index (χ2v) is 6.01. The topological polar surface area (TPSA) is 111 Å². The second kappa shape index (κ2) is 8.11. The van der Waals surface area contributed by atoms with E-state index in [-0.39, 0.29) is 12.0 Å². The number of morpholine rings is 1. The summed E-state index contributed by atoms with van der Waals surface area (Å²) >= 11 is 0. The molecule has 140 valence electrons. The molecule has 3 heterocycles. The lowest BCUT2D eigenvalue weighted by molar-refractivity contribution is -0.402. The van der Waals surface area contributed by atoms with E-state index in [2.05, 4.69) is 10.0 Å². The van der Waals surface area contributed by atoms with Crippen LogP contribution in [-0.2, 0) is 9.47 Å². The lowest BCUT2D eigenvalue weighted by Gasteiger charge is -2.27. The second-order valence-electron chi connectivity index (χ2n) is 6.01. The first kappa shape index (κ1) is 18.1. The molecular formula is C16H20N4O6. The van der Waals surface area contributed by atoms with Gasteiger partial charge in [0.05, 0.1) is 31.5 Å². The van der Waals surface area contributed by atoms with E-state index < -0.39 is 11.0 Å². The quantitative estimate of drug-likeness (QED) is 0.429. The number of hydrogen-bond acceptors (Lipinski definition) is 8. The van der Waals surface area contributed by atoms with E-state index in [1.165, 1.54) is 17.1 Å². The molecule has 0 radical (unpaired) electrons. The van der Waals surface area contributed by atoms with Gasteiger partial charge < -0.3 is 13.9 Å². The molecule has 2 saturated heterocycles. The predicted octanol–water partition coefficient (Wildman–Crippen LogP) is 1.73. The first-order valence-corrected chi connectivity index (χ1v) is 8.27. The number of cyclic esters (lactones) is 1. The summed E-state index contributed by atoms with van der Waals surface area (Å²) in [6.45, 7) is 5.80. The Kier molecular flexibility index (Phi) is 5.64. The van der Waals surface area contributed by atoms with Crippen LogP contribution >= 0.6 is 0 Å². The number of amides is 1. The Morgan fingerprint density at radius 3 is 2.88 bits per heavy atom. The molecule has 10 heteroatoms. The van der Waals surface area contributed by atoms with Crippen molar-refractivity contribution in [2.45, 2.75) is 13.0 Å². The number of rotatable bonds is 6. The normalized spacial score (nSPS) is 22.2. The van der Waals surface area contributed by atoms with Crippen LogP contribution in [0.2, 0.25) is 0 Å². The van der Waals surface area contributed by atoms with Crippen molar-refractivity contribution >= 4 is 23.8 Å². The molecule has 1 aromatic heterocycles. The van der Waals surface area contributed by atoms with Crippen LogP contribution in [0.3, 0.4) is 0 Å². The zero-order chi connectivity index (χ0) is 18.5. The van der Waals surface area contributed by atoms with E-state index in [4.69, 9.17) is 13.9 Å². The van der Waals surface area contributed by atoms with Crippen LogP contribution in [0.5, 0.6) is 0 Å². The van der Waals surface area contributed by atoms with Gasteiger partial charge in [-0.3, -0.25) is 15.0 Å². The average Bonchev–Trinajstić information content (AvgIpc) is 3.21. The van der Waals surface area contributed by atoms with Crippen LogP contribution < -0.4 is 0 Å². The average molecular weight is 364 g/mol. The van der Waals surface area contributed by atoms with Crippen LogP contribution in [0, 0.1) is 10.1 Å². The third-order valence-corrected chi connectivity index (χ3v) is 3.98. The molecule has 1 aromatic rings. The van der Waals surface area contributed by atoms with Crippen molar-refractivity contribution in [1.82, 2.24) is 9.91 Å². The number of nitrogens with zero attached hydrogens (tertiary/aromatic N) is 4. The molecule has 10 nitrogen and oxygen atoms in total. The van der Waals surface area contributed by atoms with Gasteiger partial charge in [-0.1, -0.05) is 0 Å². The van der Waals surface area contributed by atoms with Gasteiger partial charge >= 0.3 is 12.0 Å². The van der Waals surface area contributed by atoms with Gasteiger partial charge in [-0.15, -0.1) is 0 Å². The van der Waals surface area contributed by atoms with Crippen molar-refractivity contribution in [2.24, 2.45) is 5.10 Å². The van der Waals surface area contributed by atoms with E-state index in [1.54, 1.807) is 19.1 Å². The summed E-state index contributed by atoms with van der Waals surface area (Å²) in [5, 5.41) is 16.1. The molecule has 0 N–H and O–H groups in total. The molecule has 0 aliphatic carbocycles. The Balaban J connectivity index is 1.55. The van der Waals surface area contributed by atoms with Gasteiger partial charge in [0, 0.05) is 19.6 Å². The van der Waals surface area contributed by atoms with E-state index in [1.807, 2.05) is 0 Å². The summed E-state index contributed by atoms with van der Waals surface area (Å²) < 4.78 is 15.7. The van der Waals surface area contributed by atoms with Gasteiger partial charge in [0.1, 0.15) is 16.8 Å². The van der Waals surface area contributed by atoms with Gasteiger partial charge in [0.2, 0.25) is 0 Å². The SMILES string of the molecule is CC(C=Cc1ccc([N+](=O)[O-])o1)=NN1CC(CN2CCOCC2)OC1=O. The van der Waals surface area contributed by atoms with Crippen molar-refractivity contribution in [3.8, 4) is 0 Å². The molecule has 1 unspecified atom stereocenters. The first-order valence-electron chi connectivity index (χ1n) is 8.27.